The molecule has 0 radical (unpaired) electrons. The first-order valence-electron chi connectivity index (χ1n) is 3.63. The van der Waals surface area contributed by atoms with Crippen molar-refractivity contribution < 1.29 is 9.90 Å². The monoisotopic (exact) mass is 194 g/mol. The molecule has 2 rings (SSSR count). The van der Waals surface area contributed by atoms with Crippen LogP contribution in [0.2, 0.25) is 0 Å². The number of carbonyl (C=O) groups is 1. The fraction of sp³-hybridized carbons (Fsp3) is 0.125. The third kappa shape index (κ3) is 1.27. The van der Waals surface area contributed by atoms with Crippen LogP contribution in [0.15, 0.2) is 12.3 Å². The summed E-state index contributed by atoms with van der Waals surface area (Å²) in [7, 11) is 0. The van der Waals surface area contributed by atoms with Crippen molar-refractivity contribution in [1.29, 1.82) is 0 Å². The van der Waals surface area contributed by atoms with E-state index in [0.717, 1.165) is 15.8 Å². The van der Waals surface area contributed by atoms with Gasteiger partial charge in [0.25, 0.3) is 0 Å². The van der Waals surface area contributed by atoms with Gasteiger partial charge in [-0.25, -0.2) is 4.79 Å². The SMILES string of the molecule is Cc1nncc2sc(C(=O)O)cc12. The molecule has 66 valence electrons. The van der Waals surface area contributed by atoms with Gasteiger partial charge in [0.1, 0.15) is 4.88 Å². The van der Waals surface area contributed by atoms with Crippen LogP contribution in [0.3, 0.4) is 0 Å². The van der Waals surface area contributed by atoms with Crippen LogP contribution in [0.1, 0.15) is 15.4 Å². The van der Waals surface area contributed by atoms with Gasteiger partial charge in [-0.1, -0.05) is 0 Å². The third-order valence-corrected chi connectivity index (χ3v) is 2.80. The highest BCUT2D eigenvalue weighted by atomic mass is 32.1. The van der Waals surface area contributed by atoms with Crippen molar-refractivity contribution in [2.75, 3.05) is 0 Å². The van der Waals surface area contributed by atoms with Crippen LogP contribution < -0.4 is 0 Å². The summed E-state index contributed by atoms with van der Waals surface area (Å²) < 4.78 is 0.866. The molecule has 0 spiro atoms. The number of rotatable bonds is 1. The number of thiophene rings is 1. The van der Waals surface area contributed by atoms with E-state index in [-0.39, 0.29) is 0 Å². The van der Waals surface area contributed by atoms with Crippen LogP contribution >= 0.6 is 11.3 Å². The van der Waals surface area contributed by atoms with Crippen molar-refractivity contribution in [2.24, 2.45) is 0 Å². The average molecular weight is 194 g/mol. The van der Waals surface area contributed by atoms with Crippen LogP contribution in [0.4, 0.5) is 0 Å². The van der Waals surface area contributed by atoms with Crippen molar-refractivity contribution in [3.05, 3.63) is 22.8 Å². The zero-order valence-electron chi connectivity index (χ0n) is 6.81. The molecule has 0 atom stereocenters. The zero-order valence-corrected chi connectivity index (χ0v) is 7.63. The molecule has 0 saturated heterocycles. The number of aromatic carboxylic acids is 1. The predicted octanol–water partition coefficient (Wildman–Crippen LogP) is 1.70. The molecule has 0 aromatic carbocycles. The summed E-state index contributed by atoms with van der Waals surface area (Å²) in [6.45, 7) is 1.81. The maximum absolute atomic E-state index is 10.7. The van der Waals surface area contributed by atoms with Gasteiger partial charge in [0, 0.05) is 5.39 Å². The number of fused-ring (bicyclic) bond motifs is 1. The Morgan fingerprint density at radius 2 is 2.38 bits per heavy atom. The van der Waals surface area contributed by atoms with Gasteiger partial charge >= 0.3 is 5.97 Å². The van der Waals surface area contributed by atoms with Crippen LogP contribution in [-0.2, 0) is 0 Å². The molecule has 0 aliphatic carbocycles. The molecule has 0 unspecified atom stereocenters. The number of aryl methyl sites for hydroxylation is 1. The molecule has 5 heteroatoms. The highest BCUT2D eigenvalue weighted by Crippen LogP contribution is 2.25. The van der Waals surface area contributed by atoms with Crippen molar-refractivity contribution in [3.63, 3.8) is 0 Å². The van der Waals surface area contributed by atoms with Gasteiger partial charge in [-0.05, 0) is 13.0 Å². The Hall–Kier alpha value is -1.49. The van der Waals surface area contributed by atoms with Crippen LogP contribution in [0, 0.1) is 6.92 Å². The smallest absolute Gasteiger partial charge is 0.345 e. The molecular formula is C8H6N2O2S. The minimum absolute atomic E-state index is 0.327. The van der Waals surface area contributed by atoms with Gasteiger partial charge in [-0.3, -0.25) is 0 Å². The summed E-state index contributed by atoms with van der Waals surface area (Å²) in [6, 6.07) is 1.63. The van der Waals surface area contributed by atoms with E-state index < -0.39 is 5.97 Å². The molecule has 13 heavy (non-hydrogen) atoms. The van der Waals surface area contributed by atoms with E-state index in [1.54, 1.807) is 12.3 Å². The summed E-state index contributed by atoms with van der Waals surface area (Å²) >= 11 is 1.22. The molecule has 0 aliphatic heterocycles. The molecule has 2 aromatic heterocycles. The third-order valence-electron chi connectivity index (χ3n) is 1.74. The van der Waals surface area contributed by atoms with Crippen molar-refractivity contribution in [2.45, 2.75) is 6.92 Å². The average Bonchev–Trinajstić information content (AvgIpc) is 2.49. The Balaban J connectivity index is 2.75. The van der Waals surface area contributed by atoms with Crippen LogP contribution in [-0.4, -0.2) is 21.3 Å². The second kappa shape index (κ2) is 2.77. The fourth-order valence-electron chi connectivity index (χ4n) is 1.11. The predicted molar refractivity (Wildman–Crippen MR) is 49.1 cm³/mol. The largest absolute Gasteiger partial charge is 0.477 e. The number of hydrogen-bond acceptors (Lipinski definition) is 4. The van der Waals surface area contributed by atoms with Crippen molar-refractivity contribution >= 4 is 27.4 Å². The maximum Gasteiger partial charge on any atom is 0.345 e. The van der Waals surface area contributed by atoms with E-state index >= 15 is 0 Å². The number of aromatic nitrogens is 2. The highest BCUT2D eigenvalue weighted by Gasteiger charge is 2.09. The van der Waals surface area contributed by atoms with Gasteiger partial charge in [-0.2, -0.15) is 10.2 Å². The lowest BCUT2D eigenvalue weighted by atomic mass is 10.3. The summed E-state index contributed by atoms with van der Waals surface area (Å²) in [5.74, 6) is -0.902. The normalized spacial score (nSPS) is 10.5. The topological polar surface area (TPSA) is 63.1 Å². The summed E-state index contributed by atoms with van der Waals surface area (Å²) in [6.07, 6.45) is 1.58. The Morgan fingerprint density at radius 1 is 1.62 bits per heavy atom. The molecule has 0 fully saturated rings. The van der Waals surface area contributed by atoms with Crippen molar-refractivity contribution in [3.8, 4) is 0 Å². The first-order chi connectivity index (χ1) is 6.18. The fourth-order valence-corrected chi connectivity index (χ4v) is 2.03. The molecule has 2 aromatic rings. The Morgan fingerprint density at radius 3 is 3.00 bits per heavy atom. The van der Waals surface area contributed by atoms with Gasteiger partial charge < -0.3 is 5.11 Å². The Bertz CT molecular complexity index is 478. The molecule has 0 amide bonds. The molecular weight excluding hydrogens is 188 g/mol. The first-order valence-corrected chi connectivity index (χ1v) is 4.45. The molecule has 1 N–H and O–H groups in total. The maximum atomic E-state index is 10.7. The Labute approximate surface area is 77.8 Å². The van der Waals surface area contributed by atoms with E-state index in [0.29, 0.717) is 4.88 Å². The molecule has 0 saturated carbocycles. The second-order valence-corrected chi connectivity index (χ2v) is 3.71. The number of carboxylic acids is 1. The number of hydrogen-bond donors (Lipinski definition) is 1. The van der Waals surface area contributed by atoms with E-state index in [1.165, 1.54) is 11.3 Å². The standard InChI is InChI=1S/C8H6N2O2S/c1-4-5-2-6(8(11)12)13-7(5)3-9-10-4/h2-3H,1H3,(H,11,12). The lowest BCUT2D eigenvalue weighted by Crippen LogP contribution is -1.89. The van der Waals surface area contributed by atoms with Gasteiger partial charge in [-0.15, -0.1) is 11.3 Å². The molecule has 0 aliphatic rings. The highest BCUT2D eigenvalue weighted by molar-refractivity contribution is 7.20. The van der Waals surface area contributed by atoms with Gasteiger partial charge in [0.05, 0.1) is 16.6 Å². The van der Waals surface area contributed by atoms with Gasteiger partial charge in [0.2, 0.25) is 0 Å². The molecule has 2 heterocycles. The minimum Gasteiger partial charge on any atom is -0.477 e. The zero-order chi connectivity index (χ0) is 9.42. The van der Waals surface area contributed by atoms with E-state index in [9.17, 15) is 4.79 Å². The first kappa shape index (κ1) is 8.12. The lowest BCUT2D eigenvalue weighted by Gasteiger charge is -1.89. The van der Waals surface area contributed by atoms with Gasteiger partial charge in [0.15, 0.2) is 0 Å². The van der Waals surface area contributed by atoms with Crippen LogP contribution in [0.25, 0.3) is 10.1 Å². The quantitative estimate of drug-likeness (QED) is 0.750. The number of nitrogens with zero attached hydrogens (tertiary/aromatic N) is 2. The second-order valence-electron chi connectivity index (χ2n) is 2.62. The summed E-state index contributed by atoms with van der Waals surface area (Å²) in [5.41, 5.74) is 0.765. The minimum atomic E-state index is -0.902. The van der Waals surface area contributed by atoms with Crippen LogP contribution in [0.5, 0.6) is 0 Å². The van der Waals surface area contributed by atoms with E-state index in [4.69, 9.17) is 5.11 Å². The number of carboxylic acid groups (broad SMARTS) is 1. The van der Waals surface area contributed by atoms with E-state index in [2.05, 4.69) is 10.2 Å². The molecule has 4 nitrogen and oxygen atoms in total. The summed E-state index contributed by atoms with van der Waals surface area (Å²) in [5, 5.41) is 17.2. The Kier molecular flexibility index (Phi) is 1.73. The summed E-state index contributed by atoms with van der Waals surface area (Å²) in [4.78, 5) is 11.0. The molecule has 0 bridgehead atoms. The van der Waals surface area contributed by atoms with E-state index in [1.807, 2.05) is 6.92 Å². The lowest BCUT2D eigenvalue weighted by molar-refractivity contribution is 0.0702. The van der Waals surface area contributed by atoms with Crippen molar-refractivity contribution in [1.82, 2.24) is 10.2 Å².